The number of anilines is 2. The van der Waals surface area contributed by atoms with E-state index in [9.17, 15) is 18.0 Å². The highest BCUT2D eigenvalue weighted by molar-refractivity contribution is 7.93. The molecule has 0 spiro atoms. The number of carbonyl (C=O) groups is 2. The number of ether oxygens (including phenoxy) is 1. The van der Waals surface area contributed by atoms with Crippen LogP contribution in [0.4, 0.5) is 11.4 Å². The number of primary amides is 1. The third kappa shape index (κ3) is 3.12. The lowest BCUT2D eigenvalue weighted by atomic mass is 10.1. The first-order valence-electron chi connectivity index (χ1n) is 8.26. The van der Waals surface area contributed by atoms with E-state index < -0.39 is 15.9 Å². The van der Waals surface area contributed by atoms with E-state index in [0.29, 0.717) is 33.5 Å². The lowest BCUT2D eigenvalue weighted by Gasteiger charge is -2.12. The van der Waals surface area contributed by atoms with Gasteiger partial charge in [0.15, 0.2) is 6.61 Å². The van der Waals surface area contributed by atoms with Crippen LogP contribution in [0.25, 0.3) is 10.8 Å². The summed E-state index contributed by atoms with van der Waals surface area (Å²) in [7, 11) is -3.91. The third-order valence-corrected chi connectivity index (χ3v) is 5.71. The second-order valence-corrected chi connectivity index (χ2v) is 7.83. The highest BCUT2D eigenvalue weighted by Crippen LogP contribution is 2.37. The van der Waals surface area contributed by atoms with E-state index in [1.807, 2.05) is 0 Å². The average molecular weight is 397 g/mol. The van der Waals surface area contributed by atoms with E-state index in [1.54, 1.807) is 24.3 Å². The standard InChI is InChI=1S/C19H15N3O5S/c20-17(23)10-27-12-6-4-11(5-7-12)22-28(25,26)16-9-8-15-18-13(16)2-1-3-14(18)19(24)21-15/h1-9,22H,10H2,(H2,20,23)(H,21,24). The Balaban J connectivity index is 1.66. The number of hydrogen-bond donors (Lipinski definition) is 3. The van der Waals surface area contributed by atoms with Crippen LogP contribution in [-0.2, 0) is 14.8 Å². The molecular weight excluding hydrogens is 382 g/mol. The minimum absolute atomic E-state index is 0.0682. The molecule has 1 aliphatic rings. The minimum atomic E-state index is -3.91. The number of benzene rings is 3. The van der Waals surface area contributed by atoms with Crippen LogP contribution in [0.15, 0.2) is 59.5 Å². The van der Waals surface area contributed by atoms with E-state index in [0.717, 1.165) is 0 Å². The molecular formula is C19H15N3O5S. The molecule has 3 aromatic rings. The summed E-state index contributed by atoms with van der Waals surface area (Å²) in [5, 5.41) is 3.77. The molecule has 0 fully saturated rings. The average Bonchev–Trinajstić information content (AvgIpc) is 2.98. The third-order valence-electron chi connectivity index (χ3n) is 4.27. The molecule has 0 radical (unpaired) electrons. The van der Waals surface area contributed by atoms with Gasteiger partial charge in [0.1, 0.15) is 5.75 Å². The first-order chi connectivity index (χ1) is 13.3. The van der Waals surface area contributed by atoms with Gasteiger partial charge in [0, 0.05) is 27.7 Å². The molecule has 28 heavy (non-hydrogen) atoms. The second kappa shape index (κ2) is 6.54. The molecule has 3 aromatic carbocycles. The van der Waals surface area contributed by atoms with Crippen LogP contribution in [0.1, 0.15) is 10.4 Å². The van der Waals surface area contributed by atoms with Crippen molar-refractivity contribution in [2.75, 3.05) is 16.6 Å². The number of hydrogen-bond acceptors (Lipinski definition) is 5. The lowest BCUT2D eigenvalue weighted by molar-refractivity contribution is -0.119. The van der Waals surface area contributed by atoms with Crippen LogP contribution < -0.4 is 20.5 Å². The predicted molar refractivity (Wildman–Crippen MR) is 104 cm³/mol. The topological polar surface area (TPSA) is 128 Å². The fourth-order valence-electron chi connectivity index (χ4n) is 3.08. The summed E-state index contributed by atoms with van der Waals surface area (Å²) in [5.74, 6) is -0.476. The van der Waals surface area contributed by atoms with Crippen molar-refractivity contribution >= 4 is 44.0 Å². The van der Waals surface area contributed by atoms with E-state index in [-0.39, 0.29) is 17.4 Å². The van der Waals surface area contributed by atoms with Crippen molar-refractivity contribution in [1.29, 1.82) is 0 Å². The van der Waals surface area contributed by atoms with Crippen molar-refractivity contribution in [2.24, 2.45) is 5.73 Å². The summed E-state index contributed by atoms with van der Waals surface area (Å²) in [6.45, 7) is -0.265. The zero-order valence-electron chi connectivity index (χ0n) is 14.4. The quantitative estimate of drug-likeness (QED) is 0.587. The maximum atomic E-state index is 12.9. The van der Waals surface area contributed by atoms with Gasteiger partial charge >= 0.3 is 0 Å². The molecule has 4 rings (SSSR count). The van der Waals surface area contributed by atoms with Crippen LogP contribution in [0, 0.1) is 0 Å². The first kappa shape index (κ1) is 17.8. The Morgan fingerprint density at radius 1 is 1.07 bits per heavy atom. The SMILES string of the molecule is NC(=O)COc1ccc(NS(=O)(=O)c2ccc3c4c(cccc24)C(=O)N3)cc1. The van der Waals surface area contributed by atoms with Crippen molar-refractivity contribution in [1.82, 2.24) is 0 Å². The molecule has 9 heteroatoms. The highest BCUT2D eigenvalue weighted by Gasteiger charge is 2.26. The molecule has 0 atom stereocenters. The molecule has 2 amide bonds. The summed E-state index contributed by atoms with van der Waals surface area (Å²) < 4.78 is 33.5. The summed E-state index contributed by atoms with van der Waals surface area (Å²) in [5.41, 5.74) is 6.37. The molecule has 0 saturated carbocycles. The van der Waals surface area contributed by atoms with Gasteiger partial charge in [-0.25, -0.2) is 8.42 Å². The highest BCUT2D eigenvalue weighted by atomic mass is 32.2. The lowest BCUT2D eigenvalue weighted by Crippen LogP contribution is -2.20. The van der Waals surface area contributed by atoms with Gasteiger partial charge in [-0.15, -0.1) is 0 Å². The van der Waals surface area contributed by atoms with Gasteiger partial charge in [-0.05, 0) is 42.5 Å². The van der Waals surface area contributed by atoms with Crippen LogP contribution >= 0.6 is 0 Å². The van der Waals surface area contributed by atoms with Gasteiger partial charge in [0.05, 0.1) is 4.90 Å². The van der Waals surface area contributed by atoms with E-state index in [4.69, 9.17) is 10.5 Å². The fraction of sp³-hybridized carbons (Fsp3) is 0.0526. The summed E-state index contributed by atoms with van der Waals surface area (Å²) in [6.07, 6.45) is 0. The Hall–Kier alpha value is -3.59. The largest absolute Gasteiger partial charge is 0.484 e. The normalized spacial score (nSPS) is 12.6. The summed E-state index contributed by atoms with van der Waals surface area (Å²) in [6, 6.07) is 14.1. The van der Waals surface area contributed by atoms with Crippen molar-refractivity contribution in [3.8, 4) is 5.75 Å². The van der Waals surface area contributed by atoms with Crippen LogP contribution in [0.5, 0.6) is 5.75 Å². The van der Waals surface area contributed by atoms with Crippen LogP contribution in [0.2, 0.25) is 0 Å². The molecule has 142 valence electrons. The molecule has 0 unspecified atom stereocenters. The van der Waals surface area contributed by atoms with Crippen molar-refractivity contribution in [3.05, 3.63) is 60.2 Å². The first-order valence-corrected chi connectivity index (χ1v) is 9.74. The Morgan fingerprint density at radius 2 is 1.82 bits per heavy atom. The Labute approximate surface area is 160 Å². The number of nitrogens with two attached hydrogens (primary N) is 1. The van der Waals surface area contributed by atoms with Crippen LogP contribution in [0.3, 0.4) is 0 Å². The predicted octanol–water partition coefficient (Wildman–Crippen LogP) is 2.07. The van der Waals surface area contributed by atoms with Gasteiger partial charge in [-0.3, -0.25) is 14.3 Å². The zero-order chi connectivity index (χ0) is 19.9. The van der Waals surface area contributed by atoms with Crippen molar-refractivity contribution in [3.63, 3.8) is 0 Å². The number of nitrogens with one attached hydrogen (secondary N) is 2. The molecule has 0 bridgehead atoms. The molecule has 4 N–H and O–H groups in total. The maximum absolute atomic E-state index is 12.9. The maximum Gasteiger partial charge on any atom is 0.262 e. The Morgan fingerprint density at radius 3 is 2.54 bits per heavy atom. The molecule has 8 nitrogen and oxygen atoms in total. The smallest absolute Gasteiger partial charge is 0.262 e. The van der Waals surface area contributed by atoms with E-state index in [2.05, 4.69) is 10.0 Å². The molecule has 0 aromatic heterocycles. The number of sulfonamides is 1. The van der Waals surface area contributed by atoms with E-state index in [1.165, 1.54) is 30.3 Å². The van der Waals surface area contributed by atoms with Gasteiger partial charge in [0.2, 0.25) is 0 Å². The van der Waals surface area contributed by atoms with Gasteiger partial charge in [0.25, 0.3) is 21.8 Å². The summed E-state index contributed by atoms with van der Waals surface area (Å²) >= 11 is 0. The van der Waals surface area contributed by atoms with Crippen molar-refractivity contribution < 1.29 is 22.7 Å². The Bertz CT molecular complexity index is 1220. The molecule has 0 aliphatic carbocycles. The van der Waals surface area contributed by atoms with E-state index >= 15 is 0 Å². The fourth-order valence-corrected chi connectivity index (χ4v) is 4.34. The molecule has 1 aliphatic heterocycles. The zero-order valence-corrected chi connectivity index (χ0v) is 15.2. The second-order valence-electron chi connectivity index (χ2n) is 6.18. The Kier molecular flexibility index (Phi) is 4.16. The van der Waals surface area contributed by atoms with Crippen molar-refractivity contribution in [2.45, 2.75) is 4.90 Å². The molecule has 0 saturated heterocycles. The number of carbonyl (C=O) groups excluding carboxylic acids is 2. The number of rotatable bonds is 6. The monoisotopic (exact) mass is 397 g/mol. The number of amides is 2. The van der Waals surface area contributed by atoms with Crippen LogP contribution in [-0.4, -0.2) is 26.8 Å². The molecule has 1 heterocycles. The van der Waals surface area contributed by atoms with Gasteiger partial charge < -0.3 is 15.8 Å². The minimum Gasteiger partial charge on any atom is -0.484 e. The van der Waals surface area contributed by atoms with Gasteiger partial charge in [-0.2, -0.15) is 0 Å². The summed E-state index contributed by atoms with van der Waals surface area (Å²) in [4.78, 5) is 22.8. The van der Waals surface area contributed by atoms with Gasteiger partial charge in [-0.1, -0.05) is 12.1 Å².